The summed E-state index contributed by atoms with van der Waals surface area (Å²) in [6.07, 6.45) is 4.14. The molecule has 80 valence electrons. The first-order valence-electron chi connectivity index (χ1n) is 5.41. The van der Waals surface area contributed by atoms with E-state index in [0.29, 0.717) is 11.9 Å². The zero-order valence-electron chi connectivity index (χ0n) is 9.21. The molecule has 0 saturated carbocycles. The molecule has 0 bridgehead atoms. The zero-order chi connectivity index (χ0) is 10.6. The van der Waals surface area contributed by atoms with Gasteiger partial charge in [-0.3, -0.25) is 10.4 Å². The predicted octanol–water partition coefficient (Wildman–Crippen LogP) is 2.22. The van der Waals surface area contributed by atoms with Gasteiger partial charge in [0.2, 0.25) is 0 Å². The molecular weight excluding hydrogens is 174 g/mol. The van der Waals surface area contributed by atoms with Gasteiger partial charge in [-0.25, -0.2) is 0 Å². The van der Waals surface area contributed by atoms with Crippen LogP contribution in [0.2, 0.25) is 0 Å². The van der Waals surface area contributed by atoms with Gasteiger partial charge >= 0.3 is 0 Å². The van der Waals surface area contributed by atoms with Gasteiger partial charge in [0.1, 0.15) is 0 Å². The van der Waals surface area contributed by atoms with E-state index in [1.54, 1.807) is 0 Å². The van der Waals surface area contributed by atoms with E-state index in [0.717, 1.165) is 25.2 Å². The Hall–Kier alpha value is -0.860. The van der Waals surface area contributed by atoms with Gasteiger partial charge in [0.05, 0.1) is 11.9 Å². The molecule has 0 unspecified atom stereocenters. The monoisotopic (exact) mass is 195 g/mol. The van der Waals surface area contributed by atoms with Gasteiger partial charge in [-0.15, -0.1) is 0 Å². The third kappa shape index (κ3) is 3.48. The number of hydrogen-bond acceptors (Lipinski definition) is 2. The lowest BCUT2D eigenvalue weighted by Gasteiger charge is -2.29. The van der Waals surface area contributed by atoms with E-state index in [1.807, 2.05) is 0 Å². The lowest BCUT2D eigenvalue weighted by molar-refractivity contribution is 0.401. The van der Waals surface area contributed by atoms with Gasteiger partial charge in [0.15, 0.2) is 0 Å². The first-order valence-corrected chi connectivity index (χ1v) is 5.41. The van der Waals surface area contributed by atoms with Crippen LogP contribution in [0.5, 0.6) is 0 Å². The van der Waals surface area contributed by atoms with Crippen molar-refractivity contribution in [2.24, 2.45) is 10.9 Å². The first-order chi connectivity index (χ1) is 6.61. The minimum Gasteiger partial charge on any atom is -0.371 e. The van der Waals surface area contributed by atoms with Crippen LogP contribution in [0.25, 0.3) is 0 Å². The zero-order valence-corrected chi connectivity index (χ0v) is 9.21. The fourth-order valence-corrected chi connectivity index (χ4v) is 1.88. The molecule has 0 aromatic carbocycles. The van der Waals surface area contributed by atoms with Crippen molar-refractivity contribution in [3.05, 3.63) is 0 Å². The lowest BCUT2D eigenvalue weighted by Crippen LogP contribution is -2.43. The second-order valence-electron chi connectivity index (χ2n) is 4.57. The minimum atomic E-state index is 0.265. The Morgan fingerprint density at radius 3 is 2.93 bits per heavy atom. The quantitative estimate of drug-likeness (QED) is 0.664. The van der Waals surface area contributed by atoms with E-state index in [4.69, 9.17) is 5.41 Å². The van der Waals surface area contributed by atoms with Crippen LogP contribution in [-0.2, 0) is 0 Å². The molecule has 3 heteroatoms. The largest absolute Gasteiger partial charge is 0.371 e. The maximum absolute atomic E-state index is 7.64. The standard InChI is InChI=1S/C11H21N3/c1-8(2)4-5-9-6-10(13-3)7-11(12)14-9/h8-10H,3-7H2,1-2H3,(H2,12,14)/t9-,10-/m1/s1. The smallest absolute Gasteiger partial charge is 0.0955 e. The summed E-state index contributed by atoms with van der Waals surface area (Å²) in [7, 11) is 0. The second-order valence-corrected chi connectivity index (χ2v) is 4.57. The van der Waals surface area contributed by atoms with Gasteiger partial charge in [-0.1, -0.05) is 13.8 Å². The van der Waals surface area contributed by atoms with E-state index in [2.05, 4.69) is 30.9 Å². The number of amidine groups is 1. The van der Waals surface area contributed by atoms with Crippen molar-refractivity contribution >= 4 is 12.6 Å². The highest BCUT2D eigenvalue weighted by atomic mass is 15.0. The highest BCUT2D eigenvalue weighted by molar-refractivity contribution is 5.80. The Kier molecular flexibility index (Phi) is 4.11. The van der Waals surface area contributed by atoms with Crippen LogP contribution < -0.4 is 5.32 Å². The highest BCUT2D eigenvalue weighted by Gasteiger charge is 2.23. The van der Waals surface area contributed by atoms with E-state index in [-0.39, 0.29) is 6.04 Å². The van der Waals surface area contributed by atoms with Crippen LogP contribution in [0.15, 0.2) is 4.99 Å². The summed E-state index contributed by atoms with van der Waals surface area (Å²) in [4.78, 5) is 4.04. The number of rotatable bonds is 4. The summed E-state index contributed by atoms with van der Waals surface area (Å²) >= 11 is 0. The van der Waals surface area contributed by atoms with Gasteiger partial charge < -0.3 is 5.32 Å². The number of piperidine rings is 1. The molecule has 0 aliphatic carbocycles. The van der Waals surface area contributed by atoms with Crippen LogP contribution in [0.1, 0.15) is 39.5 Å². The molecule has 1 heterocycles. The Bertz CT molecular complexity index is 211. The average molecular weight is 195 g/mol. The van der Waals surface area contributed by atoms with E-state index in [1.165, 1.54) is 6.42 Å². The number of aliphatic imine (C=N–C) groups is 1. The average Bonchev–Trinajstić information content (AvgIpc) is 2.14. The summed E-state index contributed by atoms with van der Waals surface area (Å²) in [6, 6.07) is 0.704. The molecule has 1 aliphatic rings. The van der Waals surface area contributed by atoms with Crippen LogP contribution in [0.4, 0.5) is 0 Å². The molecule has 1 saturated heterocycles. The first kappa shape index (κ1) is 11.2. The fraction of sp³-hybridized carbons (Fsp3) is 0.818. The third-order valence-electron chi connectivity index (χ3n) is 2.73. The highest BCUT2D eigenvalue weighted by Crippen LogP contribution is 2.18. The summed E-state index contributed by atoms with van der Waals surface area (Å²) in [5, 5.41) is 10.9. The SMILES string of the molecule is C=N[C@H]1CC(=N)N[C@H](CCC(C)C)C1. The fourth-order valence-electron chi connectivity index (χ4n) is 1.88. The molecular formula is C11H21N3. The normalized spacial score (nSPS) is 27.5. The molecule has 0 spiro atoms. The molecule has 0 aromatic heterocycles. The maximum Gasteiger partial charge on any atom is 0.0955 e. The topological polar surface area (TPSA) is 48.2 Å². The molecule has 1 fully saturated rings. The molecule has 0 aromatic rings. The predicted molar refractivity (Wildman–Crippen MR) is 61.3 cm³/mol. The summed E-state index contributed by atoms with van der Waals surface area (Å²) < 4.78 is 0. The van der Waals surface area contributed by atoms with Crippen LogP contribution >= 0.6 is 0 Å². The van der Waals surface area contributed by atoms with Gasteiger partial charge in [0, 0.05) is 12.5 Å². The molecule has 2 N–H and O–H groups in total. The maximum atomic E-state index is 7.64. The molecule has 3 nitrogen and oxygen atoms in total. The Balaban J connectivity index is 2.37. The third-order valence-corrected chi connectivity index (χ3v) is 2.73. The number of nitrogens with one attached hydrogen (secondary N) is 2. The van der Waals surface area contributed by atoms with E-state index < -0.39 is 0 Å². The Morgan fingerprint density at radius 2 is 2.36 bits per heavy atom. The molecule has 1 aliphatic heterocycles. The second kappa shape index (κ2) is 5.13. The molecule has 1 rings (SSSR count). The summed E-state index contributed by atoms with van der Waals surface area (Å²) in [5.74, 6) is 1.37. The van der Waals surface area contributed by atoms with Crippen LogP contribution in [-0.4, -0.2) is 24.6 Å². The van der Waals surface area contributed by atoms with E-state index in [9.17, 15) is 0 Å². The summed E-state index contributed by atoms with van der Waals surface area (Å²) in [6.45, 7) is 8.04. The van der Waals surface area contributed by atoms with Gasteiger partial charge in [-0.2, -0.15) is 0 Å². The van der Waals surface area contributed by atoms with Crippen molar-refractivity contribution in [3.63, 3.8) is 0 Å². The van der Waals surface area contributed by atoms with Gasteiger partial charge in [-0.05, 0) is 31.9 Å². The van der Waals surface area contributed by atoms with Crippen LogP contribution in [0, 0.1) is 11.3 Å². The van der Waals surface area contributed by atoms with Crippen molar-refractivity contribution in [2.45, 2.75) is 51.6 Å². The molecule has 2 atom stereocenters. The van der Waals surface area contributed by atoms with Crippen LogP contribution in [0.3, 0.4) is 0 Å². The van der Waals surface area contributed by atoms with Crippen molar-refractivity contribution in [1.29, 1.82) is 5.41 Å². The van der Waals surface area contributed by atoms with Gasteiger partial charge in [0.25, 0.3) is 0 Å². The van der Waals surface area contributed by atoms with Crippen molar-refractivity contribution in [1.82, 2.24) is 5.32 Å². The molecule has 14 heavy (non-hydrogen) atoms. The number of hydrogen-bond donors (Lipinski definition) is 2. The summed E-state index contributed by atoms with van der Waals surface area (Å²) in [5.41, 5.74) is 0. The van der Waals surface area contributed by atoms with E-state index >= 15 is 0 Å². The Labute approximate surface area is 86.5 Å². The van der Waals surface area contributed by atoms with Crippen molar-refractivity contribution in [3.8, 4) is 0 Å². The van der Waals surface area contributed by atoms with Crippen molar-refractivity contribution < 1.29 is 0 Å². The molecule has 0 radical (unpaired) electrons. The number of nitrogens with zero attached hydrogens (tertiary/aromatic N) is 1. The minimum absolute atomic E-state index is 0.265. The molecule has 0 amide bonds. The Morgan fingerprint density at radius 1 is 1.64 bits per heavy atom. The lowest BCUT2D eigenvalue weighted by atomic mass is 9.93. The van der Waals surface area contributed by atoms with Crippen molar-refractivity contribution in [2.75, 3.05) is 0 Å².